The monoisotopic (exact) mass is 354 g/mol. The fraction of sp³-hybridized carbons (Fsp3) is 0.286. The number of hydrogen-bond acceptors (Lipinski definition) is 5. The van der Waals surface area contributed by atoms with E-state index in [0.717, 1.165) is 17.4 Å². The number of carbonyl (C=O) groups excluding carboxylic acids is 1. The minimum atomic E-state index is -0.438. The van der Waals surface area contributed by atoms with Gasteiger partial charge in [-0.3, -0.25) is 0 Å². The van der Waals surface area contributed by atoms with E-state index < -0.39 is 5.97 Å². The molecule has 0 aliphatic heterocycles. The number of carbonyl (C=O) groups is 1. The van der Waals surface area contributed by atoms with Gasteiger partial charge in [0.1, 0.15) is 0 Å². The second-order valence-corrected chi connectivity index (χ2v) is 6.07. The minimum Gasteiger partial charge on any atom is -0.478 e. The first kappa shape index (κ1) is 18.0. The summed E-state index contributed by atoms with van der Waals surface area (Å²) in [6.45, 7) is 2.35. The molecule has 0 saturated heterocycles. The van der Waals surface area contributed by atoms with Crippen LogP contribution in [0.25, 0.3) is 11.0 Å². The van der Waals surface area contributed by atoms with Gasteiger partial charge in [-0.15, -0.1) is 0 Å². The Hall–Kier alpha value is -2.79. The van der Waals surface area contributed by atoms with E-state index in [1.807, 2.05) is 30.3 Å². The number of para-hydroxylation sites is 1. The summed E-state index contributed by atoms with van der Waals surface area (Å²) < 4.78 is 21.7. The standard InChI is InChI=1S/C21H22O5/c1-15(11-16-7-4-3-5-8-16)24-12-17-13-26-21-18(17)9-6-10-19(21)25-14-20(22)23-2/h3-10,13,15H,11-12,14H2,1-2H3/t15-/m0/s1. The van der Waals surface area contributed by atoms with Crippen molar-refractivity contribution in [1.29, 1.82) is 0 Å². The number of fused-ring (bicyclic) bond motifs is 1. The van der Waals surface area contributed by atoms with Crippen LogP contribution in [-0.2, 0) is 27.3 Å². The number of rotatable bonds is 8. The smallest absolute Gasteiger partial charge is 0.343 e. The number of methoxy groups -OCH3 is 1. The Morgan fingerprint density at radius 1 is 1.12 bits per heavy atom. The van der Waals surface area contributed by atoms with Gasteiger partial charge in [-0.05, 0) is 25.0 Å². The fourth-order valence-electron chi connectivity index (χ4n) is 2.74. The van der Waals surface area contributed by atoms with Gasteiger partial charge < -0.3 is 18.6 Å². The highest BCUT2D eigenvalue weighted by Crippen LogP contribution is 2.30. The van der Waals surface area contributed by atoms with Crippen molar-refractivity contribution in [1.82, 2.24) is 0 Å². The maximum atomic E-state index is 11.3. The van der Waals surface area contributed by atoms with Crippen molar-refractivity contribution in [2.45, 2.75) is 26.1 Å². The van der Waals surface area contributed by atoms with Gasteiger partial charge in [0.25, 0.3) is 0 Å². The molecule has 0 amide bonds. The maximum Gasteiger partial charge on any atom is 0.343 e. The summed E-state index contributed by atoms with van der Waals surface area (Å²) in [5.74, 6) is 0.0725. The fourth-order valence-corrected chi connectivity index (χ4v) is 2.74. The molecule has 0 spiro atoms. The van der Waals surface area contributed by atoms with Crippen LogP contribution in [0.4, 0.5) is 0 Å². The third-order valence-electron chi connectivity index (χ3n) is 4.11. The Bertz CT molecular complexity index is 853. The highest BCUT2D eigenvalue weighted by Gasteiger charge is 2.13. The quantitative estimate of drug-likeness (QED) is 0.569. The van der Waals surface area contributed by atoms with Crippen LogP contribution in [0.3, 0.4) is 0 Å². The molecule has 5 nitrogen and oxygen atoms in total. The van der Waals surface area contributed by atoms with E-state index in [1.54, 1.807) is 12.3 Å². The van der Waals surface area contributed by atoms with Gasteiger partial charge in [0, 0.05) is 10.9 Å². The Morgan fingerprint density at radius 2 is 1.92 bits per heavy atom. The van der Waals surface area contributed by atoms with E-state index >= 15 is 0 Å². The van der Waals surface area contributed by atoms with E-state index in [-0.39, 0.29) is 12.7 Å². The van der Waals surface area contributed by atoms with Crippen molar-refractivity contribution in [3.8, 4) is 5.75 Å². The van der Waals surface area contributed by atoms with Gasteiger partial charge in [-0.1, -0.05) is 42.5 Å². The molecule has 0 saturated carbocycles. The molecule has 5 heteroatoms. The molecule has 0 radical (unpaired) electrons. The van der Waals surface area contributed by atoms with Crippen LogP contribution in [-0.4, -0.2) is 25.8 Å². The molecule has 0 fully saturated rings. The highest BCUT2D eigenvalue weighted by molar-refractivity contribution is 5.86. The van der Waals surface area contributed by atoms with Crippen molar-refractivity contribution >= 4 is 16.9 Å². The molecule has 0 bridgehead atoms. The highest BCUT2D eigenvalue weighted by atomic mass is 16.6. The van der Waals surface area contributed by atoms with Crippen LogP contribution in [0.2, 0.25) is 0 Å². The predicted molar refractivity (Wildman–Crippen MR) is 98.1 cm³/mol. The van der Waals surface area contributed by atoms with Crippen molar-refractivity contribution in [2.24, 2.45) is 0 Å². The van der Waals surface area contributed by atoms with E-state index in [0.29, 0.717) is 17.9 Å². The number of hydrogen-bond donors (Lipinski definition) is 0. The zero-order valence-corrected chi connectivity index (χ0v) is 14.9. The summed E-state index contributed by atoms with van der Waals surface area (Å²) in [4.78, 5) is 11.3. The molecular weight excluding hydrogens is 332 g/mol. The maximum absolute atomic E-state index is 11.3. The first-order chi connectivity index (χ1) is 12.7. The van der Waals surface area contributed by atoms with Crippen LogP contribution in [0.1, 0.15) is 18.1 Å². The van der Waals surface area contributed by atoms with E-state index in [9.17, 15) is 4.79 Å². The van der Waals surface area contributed by atoms with Crippen LogP contribution in [0.15, 0.2) is 59.2 Å². The average molecular weight is 354 g/mol. The third-order valence-corrected chi connectivity index (χ3v) is 4.11. The van der Waals surface area contributed by atoms with Gasteiger partial charge in [0.15, 0.2) is 17.9 Å². The summed E-state index contributed by atoms with van der Waals surface area (Å²) in [6, 6.07) is 15.8. The zero-order valence-electron chi connectivity index (χ0n) is 14.9. The SMILES string of the molecule is COC(=O)COc1cccc2c(CO[C@@H](C)Cc3ccccc3)coc12. The van der Waals surface area contributed by atoms with Gasteiger partial charge >= 0.3 is 5.97 Å². The first-order valence-electron chi connectivity index (χ1n) is 8.51. The number of furan rings is 1. The third kappa shape index (κ3) is 4.43. The van der Waals surface area contributed by atoms with Crippen molar-refractivity contribution in [3.63, 3.8) is 0 Å². The molecule has 3 aromatic rings. The Labute approximate surface area is 152 Å². The predicted octanol–water partition coefficient (Wildman–Crippen LogP) is 4.13. The number of ether oxygens (including phenoxy) is 3. The van der Waals surface area contributed by atoms with Gasteiger partial charge in [-0.25, -0.2) is 4.79 Å². The second kappa shape index (κ2) is 8.54. The lowest BCUT2D eigenvalue weighted by atomic mass is 10.1. The second-order valence-electron chi connectivity index (χ2n) is 6.07. The summed E-state index contributed by atoms with van der Waals surface area (Å²) in [6.07, 6.45) is 2.61. The normalized spacial score (nSPS) is 12.1. The van der Waals surface area contributed by atoms with Crippen molar-refractivity contribution in [2.75, 3.05) is 13.7 Å². The largest absolute Gasteiger partial charge is 0.478 e. The van der Waals surface area contributed by atoms with Crippen LogP contribution < -0.4 is 4.74 Å². The average Bonchev–Trinajstić information content (AvgIpc) is 3.09. The number of benzene rings is 2. The van der Waals surface area contributed by atoms with Gasteiger partial charge in [0.2, 0.25) is 0 Å². The molecule has 3 rings (SSSR count). The molecule has 0 unspecified atom stereocenters. The molecule has 1 atom stereocenters. The Kier molecular flexibility index (Phi) is 5.92. The Balaban J connectivity index is 1.64. The van der Waals surface area contributed by atoms with E-state index in [1.165, 1.54) is 12.7 Å². The zero-order chi connectivity index (χ0) is 18.4. The summed E-state index contributed by atoms with van der Waals surface area (Å²) >= 11 is 0. The topological polar surface area (TPSA) is 57.9 Å². The van der Waals surface area contributed by atoms with E-state index in [2.05, 4.69) is 23.8 Å². The molecular formula is C21H22O5. The first-order valence-corrected chi connectivity index (χ1v) is 8.51. The van der Waals surface area contributed by atoms with Crippen molar-refractivity contribution in [3.05, 3.63) is 65.9 Å². The molecule has 0 aliphatic rings. The summed E-state index contributed by atoms with van der Waals surface area (Å²) in [5.41, 5.74) is 2.80. The van der Waals surface area contributed by atoms with Crippen LogP contribution in [0.5, 0.6) is 5.75 Å². The molecule has 26 heavy (non-hydrogen) atoms. The lowest BCUT2D eigenvalue weighted by Gasteiger charge is -2.12. The van der Waals surface area contributed by atoms with Crippen LogP contribution in [0, 0.1) is 0 Å². The van der Waals surface area contributed by atoms with E-state index in [4.69, 9.17) is 13.9 Å². The Morgan fingerprint density at radius 3 is 2.69 bits per heavy atom. The van der Waals surface area contributed by atoms with Gasteiger partial charge in [-0.2, -0.15) is 0 Å². The molecule has 1 heterocycles. The minimum absolute atomic E-state index is 0.0844. The molecule has 2 aromatic carbocycles. The molecule has 136 valence electrons. The molecule has 0 aliphatic carbocycles. The summed E-state index contributed by atoms with van der Waals surface area (Å²) in [7, 11) is 1.32. The molecule has 1 aromatic heterocycles. The summed E-state index contributed by atoms with van der Waals surface area (Å²) in [5, 5.41) is 0.916. The van der Waals surface area contributed by atoms with Crippen molar-refractivity contribution < 1.29 is 23.4 Å². The van der Waals surface area contributed by atoms with Crippen LogP contribution >= 0.6 is 0 Å². The molecule has 0 N–H and O–H groups in total. The number of esters is 1. The lowest BCUT2D eigenvalue weighted by Crippen LogP contribution is -2.12. The van der Waals surface area contributed by atoms with Gasteiger partial charge in [0.05, 0.1) is 26.1 Å². The lowest BCUT2D eigenvalue weighted by molar-refractivity contribution is -0.142.